The summed E-state index contributed by atoms with van der Waals surface area (Å²) in [7, 11) is 0. The largest absolute Gasteiger partial charge is 0.354 e. The lowest BCUT2D eigenvalue weighted by Gasteiger charge is -2.22. The minimum Gasteiger partial charge on any atom is -0.354 e. The molecule has 0 aliphatic carbocycles. The number of carbonyl (C=O) groups excluding carboxylic acids is 3. The van der Waals surface area contributed by atoms with Crippen LogP contribution < -0.4 is 10.6 Å². The van der Waals surface area contributed by atoms with Crippen molar-refractivity contribution >= 4 is 29.4 Å². The van der Waals surface area contributed by atoms with Gasteiger partial charge in [0.25, 0.3) is 5.91 Å². The fraction of sp³-hybridized carbons (Fsp3) is 0.238. The summed E-state index contributed by atoms with van der Waals surface area (Å²) in [5.74, 6) is -0.938. The first-order valence-electron chi connectivity index (χ1n) is 8.99. The quantitative estimate of drug-likeness (QED) is 0.713. The summed E-state index contributed by atoms with van der Waals surface area (Å²) in [5.41, 5.74) is 0.721. The molecule has 1 saturated heterocycles. The number of amides is 4. The highest BCUT2D eigenvalue weighted by Gasteiger charge is 2.49. The Hall–Kier alpha value is -3.37. The summed E-state index contributed by atoms with van der Waals surface area (Å²) in [6, 6.07) is 15.0. The van der Waals surface area contributed by atoms with Crippen molar-refractivity contribution in [1.82, 2.24) is 15.5 Å². The smallest absolute Gasteiger partial charge is 0.325 e. The highest BCUT2D eigenvalue weighted by Crippen LogP contribution is 2.28. The molecule has 7 nitrogen and oxygen atoms in total. The molecular formula is C21H19ClN4O3. The molecule has 29 heavy (non-hydrogen) atoms. The van der Waals surface area contributed by atoms with Crippen LogP contribution in [-0.4, -0.2) is 35.8 Å². The molecule has 1 heterocycles. The van der Waals surface area contributed by atoms with Crippen molar-refractivity contribution in [3.05, 3.63) is 70.2 Å². The lowest BCUT2D eigenvalue weighted by Crippen LogP contribution is -2.43. The van der Waals surface area contributed by atoms with Gasteiger partial charge in [0.1, 0.15) is 12.1 Å². The van der Waals surface area contributed by atoms with E-state index in [0.29, 0.717) is 29.1 Å². The van der Waals surface area contributed by atoms with Crippen molar-refractivity contribution < 1.29 is 14.4 Å². The fourth-order valence-electron chi connectivity index (χ4n) is 3.11. The maximum Gasteiger partial charge on any atom is 0.325 e. The molecule has 1 atom stereocenters. The van der Waals surface area contributed by atoms with E-state index >= 15 is 0 Å². The molecule has 1 fully saturated rings. The summed E-state index contributed by atoms with van der Waals surface area (Å²) in [6.45, 7) is 1.58. The van der Waals surface area contributed by atoms with Gasteiger partial charge in [-0.2, -0.15) is 5.26 Å². The van der Waals surface area contributed by atoms with Crippen LogP contribution in [0.3, 0.4) is 0 Å². The van der Waals surface area contributed by atoms with Gasteiger partial charge in [0.15, 0.2) is 0 Å². The first-order valence-corrected chi connectivity index (χ1v) is 9.37. The van der Waals surface area contributed by atoms with E-state index in [1.807, 2.05) is 18.2 Å². The van der Waals surface area contributed by atoms with Gasteiger partial charge in [-0.3, -0.25) is 14.5 Å². The first-order chi connectivity index (χ1) is 13.8. The maximum atomic E-state index is 12.8. The number of benzene rings is 2. The van der Waals surface area contributed by atoms with Crippen LogP contribution in [0.2, 0.25) is 5.02 Å². The van der Waals surface area contributed by atoms with E-state index in [9.17, 15) is 14.4 Å². The third kappa shape index (κ3) is 4.39. The second kappa shape index (κ2) is 8.33. The predicted octanol–water partition coefficient (Wildman–Crippen LogP) is 2.34. The molecule has 0 spiro atoms. The van der Waals surface area contributed by atoms with Crippen LogP contribution in [0.15, 0.2) is 48.5 Å². The van der Waals surface area contributed by atoms with Crippen molar-refractivity contribution in [2.45, 2.75) is 18.9 Å². The third-order valence-corrected chi connectivity index (χ3v) is 5.07. The van der Waals surface area contributed by atoms with E-state index in [2.05, 4.69) is 10.6 Å². The van der Waals surface area contributed by atoms with Crippen LogP contribution in [0.4, 0.5) is 4.79 Å². The number of imide groups is 1. The van der Waals surface area contributed by atoms with Crippen molar-refractivity contribution in [2.24, 2.45) is 0 Å². The zero-order valence-electron chi connectivity index (χ0n) is 15.7. The molecule has 0 bridgehead atoms. The second-order valence-corrected chi connectivity index (χ2v) is 7.30. The van der Waals surface area contributed by atoms with Gasteiger partial charge in [0.05, 0.1) is 11.6 Å². The minimum absolute atomic E-state index is 0.364. The predicted molar refractivity (Wildman–Crippen MR) is 107 cm³/mol. The van der Waals surface area contributed by atoms with Gasteiger partial charge >= 0.3 is 6.03 Å². The normalized spacial score (nSPS) is 18.3. The average molecular weight is 411 g/mol. The van der Waals surface area contributed by atoms with Gasteiger partial charge in [-0.05, 0) is 48.7 Å². The molecule has 0 aromatic heterocycles. The molecule has 2 aromatic rings. The maximum absolute atomic E-state index is 12.8. The molecular weight excluding hydrogens is 392 g/mol. The summed E-state index contributed by atoms with van der Waals surface area (Å²) < 4.78 is 0. The Balaban J connectivity index is 1.59. The van der Waals surface area contributed by atoms with Gasteiger partial charge in [0, 0.05) is 11.6 Å². The number of nitrogens with zero attached hydrogens (tertiary/aromatic N) is 2. The molecule has 2 N–H and O–H groups in total. The Labute approximate surface area is 173 Å². The molecule has 1 aliphatic rings. The zero-order chi connectivity index (χ0) is 21.0. The van der Waals surface area contributed by atoms with Crippen molar-refractivity contribution in [3.8, 4) is 6.07 Å². The highest BCUT2D eigenvalue weighted by atomic mass is 35.5. The second-order valence-electron chi connectivity index (χ2n) is 6.86. The molecule has 4 amide bonds. The average Bonchev–Trinajstić information content (AvgIpc) is 2.93. The number of hydrogen-bond acceptors (Lipinski definition) is 4. The van der Waals surface area contributed by atoms with Crippen LogP contribution in [0.25, 0.3) is 0 Å². The number of halogens is 1. The summed E-state index contributed by atoms with van der Waals surface area (Å²) in [5, 5.41) is 14.9. The monoisotopic (exact) mass is 410 g/mol. The van der Waals surface area contributed by atoms with Gasteiger partial charge in [0.2, 0.25) is 5.91 Å². The number of nitrogens with one attached hydrogen (secondary N) is 2. The van der Waals surface area contributed by atoms with Crippen LogP contribution >= 0.6 is 11.6 Å². The van der Waals surface area contributed by atoms with Crippen LogP contribution in [0.5, 0.6) is 0 Å². The molecule has 8 heteroatoms. The van der Waals surface area contributed by atoms with E-state index in [-0.39, 0.29) is 6.54 Å². The van der Waals surface area contributed by atoms with E-state index in [1.165, 1.54) is 0 Å². The molecule has 0 radical (unpaired) electrons. The number of hydrogen-bond donors (Lipinski definition) is 2. The van der Waals surface area contributed by atoms with Gasteiger partial charge in [-0.25, -0.2) is 4.79 Å². The van der Waals surface area contributed by atoms with E-state index in [4.69, 9.17) is 16.9 Å². The fourth-order valence-corrected chi connectivity index (χ4v) is 3.24. The Morgan fingerprint density at radius 1 is 1.17 bits per heavy atom. The number of carbonyl (C=O) groups is 3. The zero-order valence-corrected chi connectivity index (χ0v) is 16.5. The Kier molecular flexibility index (Phi) is 5.85. The summed E-state index contributed by atoms with van der Waals surface area (Å²) in [6.07, 6.45) is 0.603. The first kappa shape index (κ1) is 20.4. The summed E-state index contributed by atoms with van der Waals surface area (Å²) in [4.78, 5) is 38.3. The number of nitriles is 1. The van der Waals surface area contributed by atoms with Crippen LogP contribution in [0, 0.1) is 11.3 Å². The van der Waals surface area contributed by atoms with Crippen molar-refractivity contribution in [2.75, 3.05) is 13.1 Å². The van der Waals surface area contributed by atoms with Gasteiger partial charge < -0.3 is 10.6 Å². The molecule has 0 saturated carbocycles. The highest BCUT2D eigenvalue weighted by molar-refractivity contribution is 6.30. The van der Waals surface area contributed by atoms with Crippen molar-refractivity contribution in [1.29, 1.82) is 5.26 Å². The van der Waals surface area contributed by atoms with Crippen LogP contribution in [0.1, 0.15) is 23.6 Å². The lowest BCUT2D eigenvalue weighted by molar-refractivity contribution is -0.134. The Morgan fingerprint density at radius 2 is 1.83 bits per heavy atom. The number of rotatable bonds is 6. The van der Waals surface area contributed by atoms with Crippen LogP contribution in [-0.2, 0) is 21.5 Å². The third-order valence-electron chi connectivity index (χ3n) is 4.82. The summed E-state index contributed by atoms with van der Waals surface area (Å²) >= 11 is 5.84. The number of urea groups is 1. The van der Waals surface area contributed by atoms with E-state index in [1.54, 1.807) is 43.3 Å². The molecule has 3 rings (SSSR count). The molecule has 1 aliphatic heterocycles. The Bertz CT molecular complexity index is 982. The Morgan fingerprint density at radius 3 is 2.45 bits per heavy atom. The SMILES string of the molecule is CC1(c2ccc(C#N)cc2)NC(=O)N(CC(=O)NCCc2ccc(Cl)cc2)C1=O. The standard InChI is InChI=1S/C21H19ClN4O3/c1-21(16-6-2-15(12-23)3-7-16)19(28)26(20(29)25-21)13-18(27)24-11-10-14-4-8-17(22)9-5-14/h2-9H,10-11,13H2,1H3,(H,24,27)(H,25,29). The molecule has 1 unspecified atom stereocenters. The van der Waals surface area contributed by atoms with E-state index in [0.717, 1.165) is 10.5 Å². The molecule has 2 aromatic carbocycles. The minimum atomic E-state index is -1.28. The van der Waals surface area contributed by atoms with Crippen molar-refractivity contribution in [3.63, 3.8) is 0 Å². The van der Waals surface area contributed by atoms with Gasteiger partial charge in [-0.1, -0.05) is 35.9 Å². The topological polar surface area (TPSA) is 102 Å². The van der Waals surface area contributed by atoms with E-state index < -0.39 is 23.4 Å². The lowest BCUT2D eigenvalue weighted by atomic mass is 9.91. The molecule has 148 valence electrons. The van der Waals surface area contributed by atoms with Gasteiger partial charge in [-0.15, -0.1) is 0 Å².